The van der Waals surface area contributed by atoms with Crippen LogP contribution in [0.4, 0.5) is 0 Å². The molecule has 1 fully saturated rings. The molecule has 72 valence electrons. The summed E-state index contributed by atoms with van der Waals surface area (Å²) < 4.78 is 11.1. The molecule has 0 bridgehead atoms. The number of hydrogen-bond acceptors (Lipinski definition) is 3. The van der Waals surface area contributed by atoms with Crippen LogP contribution in [0.3, 0.4) is 0 Å². The quantitative estimate of drug-likeness (QED) is 0.531. The number of Topliss-reactive ketones (excluding diaryl/α,β-unsaturated/α-hetero) is 1. The second kappa shape index (κ2) is 2.66. The van der Waals surface area contributed by atoms with Gasteiger partial charge in [0.25, 0.3) is 0 Å². The minimum atomic E-state index is -0.621. The van der Waals surface area contributed by atoms with E-state index in [4.69, 9.17) is 9.47 Å². The van der Waals surface area contributed by atoms with E-state index in [9.17, 15) is 4.79 Å². The van der Waals surface area contributed by atoms with E-state index in [1.165, 1.54) is 0 Å². The molecule has 2 atom stereocenters. The van der Waals surface area contributed by atoms with Gasteiger partial charge in [-0.25, -0.2) is 0 Å². The van der Waals surface area contributed by atoms with E-state index >= 15 is 0 Å². The molecule has 0 unspecified atom stereocenters. The molecule has 0 aromatic heterocycles. The van der Waals surface area contributed by atoms with Crippen molar-refractivity contribution in [3.05, 3.63) is 11.6 Å². The molecule has 1 aliphatic carbocycles. The number of fused-ring (bicyclic) bond motifs is 1. The third-order valence-electron chi connectivity index (χ3n) is 2.49. The number of hydrogen-bond donors (Lipinski definition) is 0. The number of allylic oxidation sites excluding steroid dienone is 1. The number of ketones is 1. The highest BCUT2D eigenvalue weighted by Gasteiger charge is 2.46. The van der Waals surface area contributed by atoms with Crippen LogP contribution in [-0.4, -0.2) is 23.8 Å². The van der Waals surface area contributed by atoms with E-state index in [2.05, 4.69) is 0 Å². The van der Waals surface area contributed by atoms with E-state index in [0.29, 0.717) is 6.42 Å². The Hall–Kier alpha value is -0.670. The Morgan fingerprint density at radius 2 is 2.00 bits per heavy atom. The SMILES string of the molecule is CC1=CCC(=O)[C@@H]2OC(C)(C)O[C@H]12. The van der Waals surface area contributed by atoms with Crippen molar-refractivity contribution in [1.82, 2.24) is 0 Å². The van der Waals surface area contributed by atoms with E-state index < -0.39 is 5.79 Å². The molecule has 0 aromatic carbocycles. The van der Waals surface area contributed by atoms with Crippen molar-refractivity contribution in [3.63, 3.8) is 0 Å². The zero-order valence-corrected chi connectivity index (χ0v) is 8.16. The molecule has 0 amide bonds. The summed E-state index contributed by atoms with van der Waals surface area (Å²) in [4.78, 5) is 11.5. The fraction of sp³-hybridized carbons (Fsp3) is 0.700. The van der Waals surface area contributed by atoms with Gasteiger partial charge in [0.2, 0.25) is 0 Å². The predicted octanol–water partition coefficient (Wildman–Crippen LogP) is 1.43. The summed E-state index contributed by atoms with van der Waals surface area (Å²) in [6, 6.07) is 0. The lowest BCUT2D eigenvalue weighted by molar-refractivity contribution is -0.152. The van der Waals surface area contributed by atoms with Crippen LogP contribution >= 0.6 is 0 Å². The van der Waals surface area contributed by atoms with Gasteiger partial charge < -0.3 is 9.47 Å². The van der Waals surface area contributed by atoms with Gasteiger partial charge in [-0.15, -0.1) is 0 Å². The molecule has 0 saturated carbocycles. The zero-order chi connectivity index (χ0) is 9.64. The van der Waals surface area contributed by atoms with E-state index in [1.807, 2.05) is 26.8 Å². The molecule has 1 saturated heterocycles. The lowest BCUT2D eigenvalue weighted by Crippen LogP contribution is -2.34. The maximum atomic E-state index is 11.5. The van der Waals surface area contributed by atoms with Crippen molar-refractivity contribution < 1.29 is 14.3 Å². The standard InChI is InChI=1S/C10H14O3/c1-6-4-5-7(11)9-8(6)12-10(2,3)13-9/h4,8-9H,5H2,1-3H3/t8-,9+/m1/s1. The minimum absolute atomic E-state index is 0.126. The molecule has 3 nitrogen and oxygen atoms in total. The Bertz CT molecular complexity index is 278. The van der Waals surface area contributed by atoms with Gasteiger partial charge in [-0.1, -0.05) is 6.08 Å². The summed E-state index contributed by atoms with van der Waals surface area (Å²) in [6.07, 6.45) is 1.87. The molecule has 2 aliphatic rings. The molecular formula is C10H14O3. The second-order valence-corrected chi connectivity index (χ2v) is 4.10. The minimum Gasteiger partial charge on any atom is -0.340 e. The second-order valence-electron chi connectivity index (χ2n) is 4.10. The van der Waals surface area contributed by atoms with Crippen LogP contribution in [0.2, 0.25) is 0 Å². The smallest absolute Gasteiger partial charge is 0.168 e. The molecule has 1 aliphatic heterocycles. The van der Waals surface area contributed by atoms with E-state index in [0.717, 1.165) is 5.57 Å². The lowest BCUT2D eigenvalue weighted by Gasteiger charge is -2.20. The summed E-state index contributed by atoms with van der Waals surface area (Å²) in [6.45, 7) is 5.66. The highest BCUT2D eigenvalue weighted by Crippen LogP contribution is 2.35. The van der Waals surface area contributed by atoms with Crippen LogP contribution in [0.5, 0.6) is 0 Å². The van der Waals surface area contributed by atoms with E-state index in [1.54, 1.807) is 0 Å². The predicted molar refractivity (Wildman–Crippen MR) is 47.2 cm³/mol. The average molecular weight is 182 g/mol. The van der Waals surface area contributed by atoms with Crippen molar-refractivity contribution in [3.8, 4) is 0 Å². The first-order valence-corrected chi connectivity index (χ1v) is 4.54. The molecule has 2 rings (SSSR count). The Balaban J connectivity index is 2.28. The molecular weight excluding hydrogens is 168 g/mol. The number of carbonyl (C=O) groups is 1. The monoisotopic (exact) mass is 182 g/mol. The molecule has 0 spiro atoms. The van der Waals surface area contributed by atoms with Gasteiger partial charge in [0.15, 0.2) is 11.6 Å². The molecule has 0 aromatic rings. The maximum Gasteiger partial charge on any atom is 0.168 e. The highest BCUT2D eigenvalue weighted by molar-refractivity contribution is 5.87. The first-order valence-electron chi connectivity index (χ1n) is 4.54. The molecule has 3 heteroatoms. The number of carbonyl (C=O) groups excluding carboxylic acids is 1. The summed E-state index contributed by atoms with van der Waals surface area (Å²) >= 11 is 0. The van der Waals surface area contributed by atoms with Crippen LogP contribution < -0.4 is 0 Å². The molecule has 1 heterocycles. The Kier molecular flexibility index (Phi) is 1.82. The summed E-state index contributed by atoms with van der Waals surface area (Å²) in [7, 11) is 0. The van der Waals surface area contributed by atoms with Gasteiger partial charge in [0.05, 0.1) is 0 Å². The summed E-state index contributed by atoms with van der Waals surface area (Å²) in [5.41, 5.74) is 1.11. The Morgan fingerprint density at radius 1 is 1.38 bits per heavy atom. The topological polar surface area (TPSA) is 35.5 Å². The fourth-order valence-corrected chi connectivity index (χ4v) is 1.82. The van der Waals surface area contributed by atoms with Crippen molar-refractivity contribution in [2.24, 2.45) is 0 Å². The van der Waals surface area contributed by atoms with Crippen LogP contribution in [0, 0.1) is 0 Å². The van der Waals surface area contributed by atoms with Crippen molar-refractivity contribution in [1.29, 1.82) is 0 Å². The van der Waals surface area contributed by atoms with Gasteiger partial charge in [-0.3, -0.25) is 4.79 Å². The molecule has 0 N–H and O–H groups in total. The van der Waals surface area contributed by atoms with Crippen LogP contribution in [0.1, 0.15) is 27.2 Å². The van der Waals surface area contributed by atoms with Crippen molar-refractivity contribution in [2.45, 2.75) is 45.2 Å². The van der Waals surface area contributed by atoms with Gasteiger partial charge in [0, 0.05) is 6.42 Å². The highest BCUT2D eigenvalue weighted by atomic mass is 16.8. The van der Waals surface area contributed by atoms with Gasteiger partial charge in [-0.05, 0) is 26.3 Å². The Labute approximate surface area is 77.7 Å². The third-order valence-corrected chi connectivity index (χ3v) is 2.49. The summed E-state index contributed by atoms with van der Waals surface area (Å²) in [5.74, 6) is -0.495. The Morgan fingerprint density at radius 3 is 2.62 bits per heavy atom. The largest absolute Gasteiger partial charge is 0.340 e. The lowest BCUT2D eigenvalue weighted by atomic mass is 9.94. The first-order chi connectivity index (χ1) is 5.99. The maximum absolute atomic E-state index is 11.5. The van der Waals surface area contributed by atoms with Crippen LogP contribution in [-0.2, 0) is 14.3 Å². The fourth-order valence-electron chi connectivity index (χ4n) is 1.82. The van der Waals surface area contributed by atoms with Gasteiger partial charge >= 0.3 is 0 Å². The first kappa shape index (κ1) is 8.91. The van der Waals surface area contributed by atoms with Gasteiger partial charge in [-0.2, -0.15) is 0 Å². The van der Waals surface area contributed by atoms with Crippen LogP contribution in [0.25, 0.3) is 0 Å². The molecule has 13 heavy (non-hydrogen) atoms. The van der Waals surface area contributed by atoms with Crippen LogP contribution in [0.15, 0.2) is 11.6 Å². The average Bonchev–Trinajstić information content (AvgIpc) is 2.35. The molecule has 0 radical (unpaired) electrons. The number of rotatable bonds is 0. The van der Waals surface area contributed by atoms with Gasteiger partial charge in [0.1, 0.15) is 12.2 Å². The normalized spacial score (nSPS) is 37.2. The zero-order valence-electron chi connectivity index (χ0n) is 8.16. The summed E-state index contributed by atoms with van der Waals surface area (Å²) in [5, 5.41) is 0. The van der Waals surface area contributed by atoms with Crippen molar-refractivity contribution in [2.75, 3.05) is 0 Å². The van der Waals surface area contributed by atoms with E-state index in [-0.39, 0.29) is 18.0 Å². The van der Waals surface area contributed by atoms with Crippen molar-refractivity contribution >= 4 is 5.78 Å². The number of ether oxygens (including phenoxy) is 2. The third kappa shape index (κ3) is 1.42.